The lowest BCUT2D eigenvalue weighted by atomic mass is 10.1. The molecule has 2 rings (SSSR count). The van der Waals surface area contributed by atoms with Crippen LogP contribution in [0.3, 0.4) is 0 Å². The van der Waals surface area contributed by atoms with E-state index in [0.717, 1.165) is 11.6 Å². The molecule has 0 spiro atoms. The molecule has 1 unspecified atom stereocenters. The molecule has 1 aromatic carbocycles. The van der Waals surface area contributed by atoms with E-state index in [2.05, 4.69) is 37.4 Å². The van der Waals surface area contributed by atoms with Crippen molar-refractivity contribution in [2.75, 3.05) is 18.7 Å². The summed E-state index contributed by atoms with van der Waals surface area (Å²) in [6, 6.07) is 6.37. The fraction of sp³-hybridized carbons (Fsp3) is 0.500. The summed E-state index contributed by atoms with van der Waals surface area (Å²) in [5.74, 6) is 1.96. The second-order valence-corrected chi connectivity index (χ2v) is 5.93. The fourth-order valence-corrected chi connectivity index (χ4v) is 3.11. The van der Waals surface area contributed by atoms with E-state index in [1.165, 1.54) is 16.7 Å². The van der Waals surface area contributed by atoms with Crippen LogP contribution in [0.4, 0.5) is 0 Å². The van der Waals surface area contributed by atoms with Crippen LogP contribution >= 0.6 is 11.8 Å². The highest BCUT2D eigenvalue weighted by atomic mass is 32.2. The molecule has 0 radical (unpaired) electrons. The Bertz CT molecular complexity index is 441. The lowest BCUT2D eigenvalue weighted by Crippen LogP contribution is -2.42. The number of carbonyl (C=O) groups excluding carboxylic acids is 1. The van der Waals surface area contributed by atoms with Crippen molar-refractivity contribution in [2.45, 2.75) is 26.4 Å². The second kappa shape index (κ2) is 5.76. The summed E-state index contributed by atoms with van der Waals surface area (Å²) < 4.78 is 0. The first kappa shape index (κ1) is 13.4. The van der Waals surface area contributed by atoms with Gasteiger partial charge in [0.1, 0.15) is 0 Å². The van der Waals surface area contributed by atoms with Crippen LogP contribution in [0.25, 0.3) is 0 Å². The third-order valence-electron chi connectivity index (χ3n) is 3.30. The van der Waals surface area contributed by atoms with Crippen LogP contribution < -0.4 is 5.32 Å². The van der Waals surface area contributed by atoms with E-state index >= 15 is 0 Å². The predicted molar refractivity (Wildman–Crippen MR) is 76.6 cm³/mol. The Morgan fingerprint density at radius 2 is 2.28 bits per heavy atom. The van der Waals surface area contributed by atoms with Gasteiger partial charge in [0.25, 0.3) is 0 Å². The maximum Gasteiger partial charge on any atom is 0.240 e. The number of nitrogens with zero attached hydrogens (tertiary/aromatic N) is 1. The molecule has 98 valence electrons. The van der Waals surface area contributed by atoms with Gasteiger partial charge in [0.05, 0.1) is 6.04 Å². The highest BCUT2D eigenvalue weighted by Gasteiger charge is 2.25. The second-order valence-electron chi connectivity index (χ2n) is 4.90. The molecular weight excluding hydrogens is 244 g/mol. The first-order valence-corrected chi connectivity index (χ1v) is 7.35. The van der Waals surface area contributed by atoms with Crippen LogP contribution in [-0.2, 0) is 11.3 Å². The van der Waals surface area contributed by atoms with E-state index in [-0.39, 0.29) is 11.9 Å². The molecule has 0 bridgehead atoms. The van der Waals surface area contributed by atoms with Crippen molar-refractivity contribution >= 4 is 17.7 Å². The number of carbonyl (C=O) groups is 1. The van der Waals surface area contributed by atoms with E-state index in [1.54, 1.807) is 11.8 Å². The summed E-state index contributed by atoms with van der Waals surface area (Å²) in [5.41, 5.74) is 3.74. The van der Waals surface area contributed by atoms with E-state index in [1.807, 2.05) is 11.9 Å². The zero-order chi connectivity index (χ0) is 13.1. The van der Waals surface area contributed by atoms with Gasteiger partial charge in [-0.1, -0.05) is 23.8 Å². The van der Waals surface area contributed by atoms with Crippen LogP contribution in [-0.4, -0.2) is 35.5 Å². The van der Waals surface area contributed by atoms with Gasteiger partial charge in [-0.25, -0.2) is 0 Å². The lowest BCUT2D eigenvalue weighted by Gasteiger charge is -2.22. The molecule has 3 nitrogen and oxygen atoms in total. The van der Waals surface area contributed by atoms with Crippen molar-refractivity contribution in [1.29, 1.82) is 0 Å². The molecule has 18 heavy (non-hydrogen) atoms. The van der Waals surface area contributed by atoms with Gasteiger partial charge < -0.3 is 4.90 Å². The van der Waals surface area contributed by atoms with E-state index in [0.29, 0.717) is 6.54 Å². The number of nitrogens with one attached hydrogen (secondary N) is 1. The Morgan fingerprint density at radius 3 is 2.89 bits per heavy atom. The summed E-state index contributed by atoms with van der Waals surface area (Å²) in [5, 5.41) is 3.22. The van der Waals surface area contributed by atoms with Crippen molar-refractivity contribution in [3.8, 4) is 0 Å². The Labute approximate surface area is 113 Å². The van der Waals surface area contributed by atoms with Gasteiger partial charge in [0.2, 0.25) is 5.91 Å². The topological polar surface area (TPSA) is 32.3 Å². The molecule has 1 aromatic rings. The molecule has 0 aliphatic carbocycles. The number of hydrogen-bond donors (Lipinski definition) is 1. The zero-order valence-corrected chi connectivity index (χ0v) is 12.0. The van der Waals surface area contributed by atoms with Crippen molar-refractivity contribution in [3.05, 3.63) is 34.9 Å². The standard InChI is InChI=1S/C14H20N2OS/c1-10-4-5-12(11(2)6-10)7-16(3)14(17)13-8-18-9-15-13/h4-6,13,15H,7-9H2,1-3H3. The van der Waals surface area contributed by atoms with E-state index in [9.17, 15) is 4.79 Å². The number of amides is 1. The monoisotopic (exact) mass is 264 g/mol. The number of hydrogen-bond acceptors (Lipinski definition) is 3. The number of benzene rings is 1. The van der Waals surface area contributed by atoms with Gasteiger partial charge in [-0.05, 0) is 25.0 Å². The van der Waals surface area contributed by atoms with Gasteiger partial charge in [-0.15, -0.1) is 11.8 Å². The third kappa shape index (κ3) is 3.06. The van der Waals surface area contributed by atoms with Gasteiger partial charge >= 0.3 is 0 Å². The predicted octanol–water partition coefficient (Wildman–Crippen LogP) is 1.92. The Hall–Kier alpha value is -1.00. The molecule has 1 aliphatic heterocycles. The first-order valence-electron chi connectivity index (χ1n) is 6.20. The molecule has 4 heteroatoms. The van der Waals surface area contributed by atoms with Crippen LogP contribution in [0.15, 0.2) is 18.2 Å². The number of aryl methyl sites for hydroxylation is 2. The molecule has 1 heterocycles. The van der Waals surface area contributed by atoms with Gasteiger partial charge in [0.15, 0.2) is 0 Å². The van der Waals surface area contributed by atoms with Gasteiger partial charge in [0, 0.05) is 25.2 Å². The summed E-state index contributed by atoms with van der Waals surface area (Å²) in [6.45, 7) is 4.88. The summed E-state index contributed by atoms with van der Waals surface area (Å²) >= 11 is 1.78. The minimum absolute atomic E-state index is 0.00856. The molecule has 1 atom stereocenters. The van der Waals surface area contributed by atoms with Crippen molar-refractivity contribution in [2.24, 2.45) is 0 Å². The number of rotatable bonds is 3. The molecule has 1 amide bonds. The molecular formula is C14H20N2OS. The lowest BCUT2D eigenvalue weighted by molar-refractivity contribution is -0.131. The van der Waals surface area contributed by atoms with Gasteiger partial charge in [-0.2, -0.15) is 0 Å². The SMILES string of the molecule is Cc1ccc(CN(C)C(=O)C2CSCN2)c(C)c1. The molecule has 1 N–H and O–H groups in total. The molecule has 1 aliphatic rings. The minimum atomic E-state index is -0.00856. The summed E-state index contributed by atoms with van der Waals surface area (Å²) in [7, 11) is 1.88. The molecule has 0 saturated carbocycles. The zero-order valence-electron chi connectivity index (χ0n) is 11.2. The van der Waals surface area contributed by atoms with Crippen LogP contribution in [0.2, 0.25) is 0 Å². The number of thioether (sulfide) groups is 1. The average molecular weight is 264 g/mol. The fourth-order valence-electron chi connectivity index (χ4n) is 2.18. The normalized spacial score (nSPS) is 18.9. The highest BCUT2D eigenvalue weighted by Crippen LogP contribution is 2.15. The van der Waals surface area contributed by atoms with Crippen LogP contribution in [0.5, 0.6) is 0 Å². The first-order chi connectivity index (χ1) is 8.58. The maximum atomic E-state index is 12.2. The van der Waals surface area contributed by atoms with E-state index in [4.69, 9.17) is 0 Å². The Balaban J connectivity index is 2.01. The maximum absolute atomic E-state index is 12.2. The number of likely N-dealkylation sites (N-methyl/N-ethyl adjacent to an activating group) is 1. The van der Waals surface area contributed by atoms with Crippen molar-refractivity contribution in [1.82, 2.24) is 10.2 Å². The summed E-state index contributed by atoms with van der Waals surface area (Å²) in [4.78, 5) is 14.0. The van der Waals surface area contributed by atoms with E-state index < -0.39 is 0 Å². The van der Waals surface area contributed by atoms with Gasteiger partial charge in [-0.3, -0.25) is 10.1 Å². The quantitative estimate of drug-likeness (QED) is 0.905. The Kier molecular flexibility index (Phi) is 4.30. The van der Waals surface area contributed by atoms with Crippen LogP contribution in [0.1, 0.15) is 16.7 Å². The van der Waals surface area contributed by atoms with Crippen molar-refractivity contribution < 1.29 is 4.79 Å². The van der Waals surface area contributed by atoms with Crippen molar-refractivity contribution in [3.63, 3.8) is 0 Å². The minimum Gasteiger partial charge on any atom is -0.340 e. The third-order valence-corrected chi connectivity index (χ3v) is 4.24. The molecule has 0 aromatic heterocycles. The largest absolute Gasteiger partial charge is 0.340 e. The molecule has 1 fully saturated rings. The Morgan fingerprint density at radius 1 is 1.50 bits per heavy atom. The highest BCUT2D eigenvalue weighted by molar-refractivity contribution is 7.99. The summed E-state index contributed by atoms with van der Waals surface area (Å²) in [6.07, 6.45) is 0. The molecule has 1 saturated heterocycles. The average Bonchev–Trinajstić information content (AvgIpc) is 2.85. The van der Waals surface area contributed by atoms with Crippen LogP contribution in [0, 0.1) is 13.8 Å². The smallest absolute Gasteiger partial charge is 0.240 e.